The number of amides is 1. The van der Waals surface area contributed by atoms with Gasteiger partial charge in [0.1, 0.15) is 0 Å². The molecule has 0 spiro atoms. The van der Waals surface area contributed by atoms with Gasteiger partial charge in [0.15, 0.2) is 11.5 Å². The lowest BCUT2D eigenvalue weighted by atomic mass is 9.95. The van der Waals surface area contributed by atoms with Crippen LogP contribution < -0.4 is 14.8 Å². The van der Waals surface area contributed by atoms with Crippen molar-refractivity contribution in [2.75, 3.05) is 53.0 Å². The molecule has 1 fully saturated rings. The average Bonchev–Trinajstić information content (AvgIpc) is 3.02. The van der Waals surface area contributed by atoms with Crippen molar-refractivity contribution < 1.29 is 14.3 Å². The number of piperidine rings is 1. The summed E-state index contributed by atoms with van der Waals surface area (Å²) in [5, 5.41) is 3.28. The third-order valence-corrected chi connectivity index (χ3v) is 6.65. The van der Waals surface area contributed by atoms with Crippen LogP contribution in [-0.4, -0.2) is 68.7 Å². The summed E-state index contributed by atoms with van der Waals surface area (Å²) in [5.41, 5.74) is 1.08. The van der Waals surface area contributed by atoms with Crippen LogP contribution in [0.3, 0.4) is 0 Å². The van der Waals surface area contributed by atoms with Crippen molar-refractivity contribution in [3.63, 3.8) is 0 Å². The smallest absolute Gasteiger partial charge is 0.234 e. The number of carbonyl (C=O) groups is 1. The standard InChI is InChI=1S/C26H43N3O3/c1-5-6-12-28(4)18-21-10-13-29(14-11-21)19-25(30)27-26(20(2)3)22-8-9-23-24(17-22)32-16-7-15-31-23/h8-9,17,20-21,26H,5-7,10-16,18-19H2,1-4H3,(H,27,30). The number of rotatable bonds is 10. The molecule has 1 atom stereocenters. The summed E-state index contributed by atoms with van der Waals surface area (Å²) < 4.78 is 11.6. The van der Waals surface area contributed by atoms with Gasteiger partial charge in [-0.05, 0) is 75.5 Å². The maximum Gasteiger partial charge on any atom is 0.234 e. The summed E-state index contributed by atoms with van der Waals surface area (Å²) >= 11 is 0. The highest BCUT2D eigenvalue weighted by atomic mass is 16.5. The number of ether oxygens (including phenoxy) is 2. The van der Waals surface area contributed by atoms with Gasteiger partial charge in [0, 0.05) is 13.0 Å². The van der Waals surface area contributed by atoms with E-state index in [1.165, 1.54) is 38.8 Å². The monoisotopic (exact) mass is 445 g/mol. The Balaban J connectivity index is 1.49. The van der Waals surface area contributed by atoms with Crippen LogP contribution in [0, 0.1) is 11.8 Å². The molecule has 0 bridgehead atoms. The number of nitrogens with zero attached hydrogens (tertiary/aromatic N) is 2. The van der Waals surface area contributed by atoms with Crippen molar-refractivity contribution >= 4 is 5.91 Å². The van der Waals surface area contributed by atoms with Crippen LogP contribution in [0.25, 0.3) is 0 Å². The van der Waals surface area contributed by atoms with Crippen molar-refractivity contribution in [2.45, 2.75) is 58.9 Å². The van der Waals surface area contributed by atoms with Crippen LogP contribution in [0.2, 0.25) is 0 Å². The minimum Gasteiger partial charge on any atom is -0.490 e. The fourth-order valence-corrected chi connectivity index (χ4v) is 4.72. The Morgan fingerprint density at radius 1 is 1.19 bits per heavy atom. The van der Waals surface area contributed by atoms with Crippen LogP contribution in [0.1, 0.15) is 64.5 Å². The van der Waals surface area contributed by atoms with Gasteiger partial charge >= 0.3 is 0 Å². The first-order valence-electron chi connectivity index (χ1n) is 12.6. The minimum absolute atomic E-state index is 0.0376. The number of nitrogens with one attached hydrogen (secondary N) is 1. The maximum absolute atomic E-state index is 12.9. The molecule has 180 valence electrons. The van der Waals surface area contributed by atoms with Crippen LogP contribution in [0.5, 0.6) is 11.5 Å². The summed E-state index contributed by atoms with van der Waals surface area (Å²) in [7, 11) is 2.24. The summed E-state index contributed by atoms with van der Waals surface area (Å²) in [5.74, 6) is 2.72. The molecule has 6 heteroatoms. The van der Waals surface area contributed by atoms with E-state index in [1.54, 1.807) is 0 Å². The van der Waals surface area contributed by atoms with Crippen LogP contribution in [0.15, 0.2) is 18.2 Å². The molecule has 1 unspecified atom stereocenters. The van der Waals surface area contributed by atoms with E-state index in [-0.39, 0.29) is 17.9 Å². The third-order valence-electron chi connectivity index (χ3n) is 6.65. The Hall–Kier alpha value is -1.79. The van der Waals surface area contributed by atoms with Gasteiger partial charge in [-0.2, -0.15) is 0 Å². The predicted molar refractivity (Wildman–Crippen MR) is 129 cm³/mol. The molecule has 2 heterocycles. The van der Waals surface area contributed by atoms with Gasteiger partial charge in [0.25, 0.3) is 0 Å². The highest BCUT2D eigenvalue weighted by Crippen LogP contribution is 2.34. The predicted octanol–water partition coefficient (Wildman–Crippen LogP) is 4.11. The Morgan fingerprint density at radius 3 is 2.59 bits per heavy atom. The van der Waals surface area contributed by atoms with E-state index in [0.717, 1.165) is 42.5 Å². The highest BCUT2D eigenvalue weighted by Gasteiger charge is 2.25. The molecular formula is C26H43N3O3. The van der Waals surface area contributed by atoms with Gasteiger partial charge in [-0.1, -0.05) is 33.3 Å². The Kier molecular flexibility index (Phi) is 9.67. The van der Waals surface area contributed by atoms with Crippen molar-refractivity contribution in [1.29, 1.82) is 0 Å². The van der Waals surface area contributed by atoms with E-state index in [2.05, 4.69) is 49.0 Å². The Bertz CT molecular complexity index is 716. The minimum atomic E-state index is -0.0376. The lowest BCUT2D eigenvalue weighted by Crippen LogP contribution is -2.44. The molecule has 0 aliphatic carbocycles. The zero-order valence-electron chi connectivity index (χ0n) is 20.6. The van der Waals surface area contributed by atoms with E-state index < -0.39 is 0 Å². The van der Waals surface area contributed by atoms with Gasteiger partial charge in [-0.3, -0.25) is 9.69 Å². The van der Waals surface area contributed by atoms with Gasteiger partial charge in [0.05, 0.1) is 25.8 Å². The molecule has 2 aliphatic rings. The summed E-state index contributed by atoms with van der Waals surface area (Å²) in [6.45, 7) is 12.8. The van der Waals surface area contributed by atoms with Crippen molar-refractivity contribution in [1.82, 2.24) is 15.1 Å². The molecule has 1 N–H and O–H groups in total. The number of likely N-dealkylation sites (tertiary alicyclic amines) is 1. The second kappa shape index (κ2) is 12.4. The Morgan fingerprint density at radius 2 is 1.91 bits per heavy atom. The molecule has 1 aromatic rings. The second-order valence-corrected chi connectivity index (χ2v) is 9.88. The molecule has 1 aromatic carbocycles. The number of unbranched alkanes of at least 4 members (excludes halogenated alkanes) is 1. The van der Waals surface area contributed by atoms with Crippen LogP contribution >= 0.6 is 0 Å². The first-order chi connectivity index (χ1) is 15.5. The fraction of sp³-hybridized carbons (Fsp3) is 0.731. The van der Waals surface area contributed by atoms with Gasteiger partial charge in [0.2, 0.25) is 5.91 Å². The SMILES string of the molecule is CCCCN(C)CC1CCN(CC(=O)NC(c2ccc3c(c2)OCCCO3)C(C)C)CC1. The number of carbonyl (C=O) groups excluding carboxylic acids is 1. The van der Waals surface area contributed by atoms with Gasteiger partial charge in [-0.25, -0.2) is 0 Å². The molecular weight excluding hydrogens is 402 g/mol. The van der Waals surface area contributed by atoms with Crippen molar-refractivity contribution in [2.24, 2.45) is 11.8 Å². The lowest BCUT2D eigenvalue weighted by molar-refractivity contribution is -0.123. The van der Waals surface area contributed by atoms with Crippen LogP contribution in [0.4, 0.5) is 0 Å². The molecule has 1 amide bonds. The second-order valence-electron chi connectivity index (χ2n) is 9.88. The molecule has 0 aromatic heterocycles. The Labute approximate surface area is 194 Å². The topological polar surface area (TPSA) is 54.0 Å². The first kappa shape index (κ1) is 24.8. The molecule has 32 heavy (non-hydrogen) atoms. The largest absolute Gasteiger partial charge is 0.490 e. The van der Waals surface area contributed by atoms with E-state index in [9.17, 15) is 4.79 Å². The molecule has 3 rings (SSSR count). The van der Waals surface area contributed by atoms with Gasteiger partial charge in [-0.15, -0.1) is 0 Å². The molecule has 6 nitrogen and oxygen atoms in total. The van der Waals surface area contributed by atoms with Crippen LogP contribution in [-0.2, 0) is 4.79 Å². The molecule has 0 radical (unpaired) electrons. The van der Waals surface area contributed by atoms with Crippen molar-refractivity contribution in [3.05, 3.63) is 23.8 Å². The first-order valence-corrected chi connectivity index (χ1v) is 12.6. The zero-order valence-corrected chi connectivity index (χ0v) is 20.6. The lowest BCUT2D eigenvalue weighted by Gasteiger charge is -2.34. The van der Waals surface area contributed by atoms with E-state index in [1.807, 2.05) is 12.1 Å². The number of benzene rings is 1. The summed E-state index contributed by atoms with van der Waals surface area (Å²) in [6.07, 6.45) is 5.77. The quantitative estimate of drug-likeness (QED) is 0.588. The normalized spacial score (nSPS) is 18.6. The molecule has 0 saturated carbocycles. The molecule has 1 saturated heterocycles. The molecule has 2 aliphatic heterocycles. The average molecular weight is 446 g/mol. The summed E-state index contributed by atoms with van der Waals surface area (Å²) in [4.78, 5) is 17.7. The third kappa shape index (κ3) is 7.38. The highest BCUT2D eigenvalue weighted by molar-refractivity contribution is 5.78. The van der Waals surface area contributed by atoms with Gasteiger partial charge < -0.3 is 19.7 Å². The maximum atomic E-state index is 12.9. The number of hydrogen-bond donors (Lipinski definition) is 1. The zero-order chi connectivity index (χ0) is 22.9. The number of fused-ring (bicyclic) bond motifs is 1. The van der Waals surface area contributed by atoms with Crippen molar-refractivity contribution in [3.8, 4) is 11.5 Å². The van der Waals surface area contributed by atoms with E-state index in [4.69, 9.17) is 9.47 Å². The van der Waals surface area contributed by atoms with E-state index in [0.29, 0.717) is 19.8 Å². The van der Waals surface area contributed by atoms with E-state index >= 15 is 0 Å². The summed E-state index contributed by atoms with van der Waals surface area (Å²) in [6, 6.07) is 6.02. The number of hydrogen-bond acceptors (Lipinski definition) is 5. The fourth-order valence-electron chi connectivity index (χ4n) is 4.72.